The Bertz CT molecular complexity index is 671. The first-order valence-electron chi connectivity index (χ1n) is 8.33. The summed E-state index contributed by atoms with van der Waals surface area (Å²) in [7, 11) is 2.96. The first-order chi connectivity index (χ1) is 12.7. The Kier molecular flexibility index (Phi) is 8.45. The zero-order valence-corrected chi connectivity index (χ0v) is 15.1. The highest BCUT2D eigenvalue weighted by molar-refractivity contribution is 5.92. The minimum atomic E-state index is -0.456. The van der Waals surface area contributed by atoms with Crippen molar-refractivity contribution in [1.29, 1.82) is 0 Å². The van der Waals surface area contributed by atoms with Gasteiger partial charge in [-0.25, -0.2) is 4.79 Å². The molecule has 0 heterocycles. The summed E-state index contributed by atoms with van der Waals surface area (Å²) in [6.07, 6.45) is 0. The van der Waals surface area contributed by atoms with Crippen molar-refractivity contribution >= 4 is 5.97 Å². The maximum atomic E-state index is 11.9. The van der Waals surface area contributed by atoms with Crippen LogP contribution in [0.1, 0.15) is 15.9 Å². The van der Waals surface area contributed by atoms with Gasteiger partial charge < -0.3 is 23.7 Å². The average Bonchev–Trinajstić information content (AvgIpc) is 2.69. The van der Waals surface area contributed by atoms with Gasteiger partial charge in [0, 0.05) is 13.2 Å². The molecule has 0 aliphatic heterocycles. The van der Waals surface area contributed by atoms with Gasteiger partial charge in [-0.2, -0.15) is 0 Å². The Morgan fingerprint density at radius 2 is 1.65 bits per heavy atom. The summed E-state index contributed by atoms with van der Waals surface area (Å²) < 4.78 is 26.5. The Balaban J connectivity index is 1.98. The maximum absolute atomic E-state index is 11.9. The smallest absolute Gasteiger partial charge is 0.341 e. The van der Waals surface area contributed by atoms with Crippen LogP contribution < -0.4 is 9.47 Å². The van der Waals surface area contributed by atoms with Gasteiger partial charge in [-0.1, -0.05) is 30.3 Å². The summed E-state index contributed by atoms with van der Waals surface area (Å²) >= 11 is 0. The summed E-state index contributed by atoms with van der Waals surface area (Å²) in [6, 6.07) is 14.7. The van der Waals surface area contributed by atoms with Crippen molar-refractivity contribution < 1.29 is 28.5 Å². The first kappa shape index (κ1) is 19.8. The lowest BCUT2D eigenvalue weighted by molar-refractivity contribution is 0.0543. The monoisotopic (exact) mass is 360 g/mol. The first-order valence-corrected chi connectivity index (χ1v) is 8.33. The minimum absolute atomic E-state index is 0.342. The lowest BCUT2D eigenvalue weighted by atomic mass is 10.2. The fraction of sp³-hybridized carbons (Fsp3) is 0.350. The number of carbonyl (C=O) groups is 1. The van der Waals surface area contributed by atoms with E-state index < -0.39 is 5.97 Å². The van der Waals surface area contributed by atoms with Gasteiger partial charge in [0.15, 0.2) is 0 Å². The summed E-state index contributed by atoms with van der Waals surface area (Å²) in [4.78, 5) is 11.9. The van der Waals surface area contributed by atoms with Crippen molar-refractivity contribution in [3.63, 3.8) is 0 Å². The normalized spacial score (nSPS) is 10.4. The molecular formula is C20H24O6. The maximum Gasteiger partial charge on any atom is 0.341 e. The van der Waals surface area contributed by atoms with Crippen LogP contribution in [-0.4, -0.2) is 46.6 Å². The van der Waals surface area contributed by atoms with Gasteiger partial charge in [0.25, 0.3) is 0 Å². The van der Waals surface area contributed by atoms with Crippen LogP contribution in [0.3, 0.4) is 0 Å². The summed E-state index contributed by atoms with van der Waals surface area (Å²) in [5.41, 5.74) is 1.35. The molecule has 0 spiro atoms. The van der Waals surface area contributed by atoms with E-state index in [9.17, 15) is 4.79 Å². The molecule has 2 aromatic rings. The van der Waals surface area contributed by atoms with Crippen LogP contribution in [-0.2, 0) is 20.8 Å². The topological polar surface area (TPSA) is 63.2 Å². The summed E-state index contributed by atoms with van der Waals surface area (Å²) in [5.74, 6) is 0.553. The van der Waals surface area contributed by atoms with E-state index in [1.807, 2.05) is 30.3 Å². The molecule has 140 valence electrons. The molecule has 0 atom stereocenters. The Morgan fingerprint density at radius 1 is 0.885 bits per heavy atom. The predicted octanol–water partition coefficient (Wildman–Crippen LogP) is 3.09. The third-order valence-corrected chi connectivity index (χ3v) is 3.52. The predicted molar refractivity (Wildman–Crippen MR) is 96.7 cm³/mol. The third kappa shape index (κ3) is 6.38. The number of esters is 1. The zero-order valence-electron chi connectivity index (χ0n) is 15.1. The van der Waals surface area contributed by atoms with Crippen LogP contribution in [0.25, 0.3) is 0 Å². The van der Waals surface area contributed by atoms with Crippen LogP contribution in [0, 0.1) is 0 Å². The molecule has 0 unspecified atom stereocenters. The van der Waals surface area contributed by atoms with Crippen molar-refractivity contribution in [3.05, 3.63) is 59.7 Å². The van der Waals surface area contributed by atoms with Crippen molar-refractivity contribution in [1.82, 2.24) is 0 Å². The van der Waals surface area contributed by atoms with E-state index in [1.165, 1.54) is 7.11 Å². The molecule has 26 heavy (non-hydrogen) atoms. The molecule has 0 amide bonds. The van der Waals surface area contributed by atoms with Crippen molar-refractivity contribution in [2.24, 2.45) is 0 Å². The van der Waals surface area contributed by atoms with E-state index in [-0.39, 0.29) is 0 Å². The number of rotatable bonds is 11. The highest BCUT2D eigenvalue weighted by Gasteiger charge is 2.14. The van der Waals surface area contributed by atoms with E-state index in [2.05, 4.69) is 0 Å². The van der Waals surface area contributed by atoms with Crippen LogP contribution in [0.5, 0.6) is 11.5 Å². The largest absolute Gasteiger partial charge is 0.491 e. The Hall–Kier alpha value is -2.57. The molecule has 0 saturated heterocycles. The SMILES string of the molecule is COCCOCCOc1ccc(C(=O)OC)c(OCc2ccccc2)c1. The lowest BCUT2D eigenvalue weighted by Gasteiger charge is -2.13. The van der Waals surface area contributed by atoms with Crippen LogP contribution in [0.15, 0.2) is 48.5 Å². The van der Waals surface area contributed by atoms with E-state index in [1.54, 1.807) is 25.3 Å². The molecule has 0 aliphatic rings. The minimum Gasteiger partial charge on any atom is -0.491 e. The van der Waals surface area contributed by atoms with E-state index >= 15 is 0 Å². The molecule has 0 radical (unpaired) electrons. The molecule has 0 aromatic heterocycles. The zero-order chi connectivity index (χ0) is 18.6. The average molecular weight is 360 g/mol. The van der Waals surface area contributed by atoms with Gasteiger partial charge in [0.2, 0.25) is 0 Å². The van der Waals surface area contributed by atoms with E-state index in [0.717, 1.165) is 5.56 Å². The number of carbonyl (C=O) groups excluding carboxylic acids is 1. The van der Waals surface area contributed by atoms with E-state index in [4.69, 9.17) is 23.7 Å². The quantitative estimate of drug-likeness (QED) is 0.453. The lowest BCUT2D eigenvalue weighted by Crippen LogP contribution is -2.10. The van der Waals surface area contributed by atoms with Crippen LogP contribution >= 0.6 is 0 Å². The molecule has 6 heteroatoms. The fourth-order valence-electron chi connectivity index (χ4n) is 2.19. The van der Waals surface area contributed by atoms with E-state index in [0.29, 0.717) is 50.1 Å². The summed E-state index contributed by atoms with van der Waals surface area (Å²) in [5, 5.41) is 0. The highest BCUT2D eigenvalue weighted by atomic mass is 16.5. The second kappa shape index (κ2) is 11.1. The third-order valence-electron chi connectivity index (χ3n) is 3.52. The molecule has 2 rings (SSSR count). The number of benzene rings is 2. The molecule has 0 aliphatic carbocycles. The van der Waals surface area contributed by atoms with Gasteiger partial charge >= 0.3 is 5.97 Å². The van der Waals surface area contributed by atoms with Gasteiger partial charge in [0.1, 0.15) is 30.3 Å². The molecule has 2 aromatic carbocycles. The number of ether oxygens (including phenoxy) is 5. The molecule has 0 bridgehead atoms. The van der Waals surface area contributed by atoms with Crippen molar-refractivity contribution in [2.75, 3.05) is 40.6 Å². The van der Waals surface area contributed by atoms with Crippen molar-refractivity contribution in [3.8, 4) is 11.5 Å². The van der Waals surface area contributed by atoms with Gasteiger partial charge in [-0.05, 0) is 17.7 Å². The number of methoxy groups -OCH3 is 2. The highest BCUT2D eigenvalue weighted by Crippen LogP contribution is 2.26. The fourth-order valence-corrected chi connectivity index (χ4v) is 2.19. The Labute approximate surface area is 153 Å². The van der Waals surface area contributed by atoms with Gasteiger partial charge in [-0.15, -0.1) is 0 Å². The standard InChI is InChI=1S/C20H24O6/c1-22-10-11-24-12-13-25-17-8-9-18(20(21)23-2)19(14-17)26-15-16-6-4-3-5-7-16/h3-9,14H,10-13,15H2,1-2H3. The molecule has 0 fully saturated rings. The number of hydrogen-bond donors (Lipinski definition) is 0. The van der Waals surface area contributed by atoms with Crippen LogP contribution in [0.4, 0.5) is 0 Å². The second-order valence-electron chi connectivity index (χ2n) is 5.38. The second-order valence-corrected chi connectivity index (χ2v) is 5.38. The Morgan fingerprint density at radius 3 is 2.38 bits per heavy atom. The molecule has 0 saturated carbocycles. The van der Waals surface area contributed by atoms with Gasteiger partial charge in [0.05, 0.1) is 26.9 Å². The molecule has 6 nitrogen and oxygen atoms in total. The molecule has 0 N–H and O–H groups in total. The van der Waals surface area contributed by atoms with Crippen molar-refractivity contribution in [2.45, 2.75) is 6.61 Å². The molecular weight excluding hydrogens is 336 g/mol. The number of hydrogen-bond acceptors (Lipinski definition) is 6. The summed E-state index contributed by atoms with van der Waals surface area (Å²) in [6.45, 7) is 2.24. The van der Waals surface area contributed by atoms with Crippen LogP contribution in [0.2, 0.25) is 0 Å². The van der Waals surface area contributed by atoms with Gasteiger partial charge in [-0.3, -0.25) is 0 Å².